The fourth-order valence-electron chi connectivity index (χ4n) is 2.50. The van der Waals surface area contributed by atoms with E-state index in [0.717, 1.165) is 10.8 Å². The summed E-state index contributed by atoms with van der Waals surface area (Å²) in [5, 5.41) is 16.5. The largest absolute Gasteiger partial charge is 0.478 e. The number of carboxylic acid groups (broad SMARTS) is 1. The minimum absolute atomic E-state index is 0.0207. The number of carboxylic acids is 1. The Hall–Kier alpha value is -2.96. The highest BCUT2D eigenvalue weighted by Crippen LogP contribution is 2.23. The van der Waals surface area contributed by atoms with Crippen LogP contribution < -0.4 is 10.6 Å². The van der Waals surface area contributed by atoms with Gasteiger partial charge < -0.3 is 10.4 Å². The number of fused-ring (bicyclic) bond motifs is 1. The van der Waals surface area contributed by atoms with Gasteiger partial charge in [0, 0.05) is 5.56 Å². The number of carbonyl (C=O) groups excluding carboxylic acids is 1. The summed E-state index contributed by atoms with van der Waals surface area (Å²) < 4.78 is 0. The molecule has 3 aromatic carbocycles. The second-order valence-corrected chi connectivity index (χ2v) is 6.25. The van der Waals surface area contributed by atoms with Gasteiger partial charge in [-0.25, -0.2) is 4.79 Å². The number of aromatic carboxylic acids is 1. The van der Waals surface area contributed by atoms with Crippen molar-refractivity contribution >= 4 is 57.3 Å². The summed E-state index contributed by atoms with van der Waals surface area (Å²) in [7, 11) is 0. The third kappa shape index (κ3) is 3.82. The van der Waals surface area contributed by atoms with Crippen LogP contribution in [0.15, 0.2) is 60.7 Å². The van der Waals surface area contributed by atoms with Crippen molar-refractivity contribution in [3.63, 3.8) is 0 Å². The number of benzene rings is 3. The Labute approximate surface area is 159 Å². The number of hydrogen-bond acceptors (Lipinski definition) is 3. The fourth-order valence-corrected chi connectivity index (χ4v) is 2.87. The molecule has 0 aliphatic carbocycles. The van der Waals surface area contributed by atoms with Gasteiger partial charge in [0.25, 0.3) is 5.91 Å². The number of thiocarbonyl (C=S) groups is 1. The molecule has 3 rings (SSSR count). The van der Waals surface area contributed by atoms with Crippen LogP contribution in [0, 0.1) is 0 Å². The van der Waals surface area contributed by atoms with Gasteiger partial charge in [-0.1, -0.05) is 48.0 Å². The SMILES string of the molecule is O=C(O)c1ccc(Cl)c(NC(=S)NC(=O)c2cccc3ccccc23)c1. The molecule has 7 heteroatoms. The molecule has 0 aromatic heterocycles. The molecule has 0 aliphatic rings. The van der Waals surface area contributed by atoms with Gasteiger partial charge in [-0.15, -0.1) is 0 Å². The molecule has 0 heterocycles. The average molecular weight is 385 g/mol. The second-order valence-electron chi connectivity index (χ2n) is 5.43. The van der Waals surface area contributed by atoms with E-state index in [1.807, 2.05) is 30.3 Å². The van der Waals surface area contributed by atoms with Gasteiger partial charge in [-0.3, -0.25) is 10.1 Å². The Morgan fingerprint density at radius 3 is 2.50 bits per heavy atom. The van der Waals surface area contributed by atoms with E-state index in [0.29, 0.717) is 11.3 Å². The minimum Gasteiger partial charge on any atom is -0.478 e. The predicted molar refractivity (Wildman–Crippen MR) is 106 cm³/mol. The van der Waals surface area contributed by atoms with E-state index in [9.17, 15) is 9.59 Å². The van der Waals surface area contributed by atoms with Gasteiger partial charge in [0.15, 0.2) is 5.11 Å². The van der Waals surface area contributed by atoms with Gasteiger partial charge in [0.05, 0.1) is 16.3 Å². The first-order chi connectivity index (χ1) is 12.5. The summed E-state index contributed by atoms with van der Waals surface area (Å²) in [4.78, 5) is 23.6. The Morgan fingerprint density at radius 1 is 1.00 bits per heavy atom. The maximum Gasteiger partial charge on any atom is 0.335 e. The first-order valence-corrected chi connectivity index (χ1v) is 8.37. The Kier molecular flexibility index (Phi) is 5.16. The molecule has 0 saturated carbocycles. The van der Waals surface area contributed by atoms with Crippen molar-refractivity contribution in [3.05, 3.63) is 76.8 Å². The monoisotopic (exact) mass is 384 g/mol. The first kappa shape index (κ1) is 17.8. The minimum atomic E-state index is -1.09. The summed E-state index contributed by atoms with van der Waals surface area (Å²) in [6.07, 6.45) is 0. The van der Waals surface area contributed by atoms with Crippen LogP contribution >= 0.6 is 23.8 Å². The molecule has 1 amide bonds. The smallest absolute Gasteiger partial charge is 0.335 e. The normalized spacial score (nSPS) is 10.3. The predicted octanol–water partition coefficient (Wildman–Crippen LogP) is 4.32. The van der Waals surface area contributed by atoms with Crippen LogP contribution in [0.3, 0.4) is 0 Å². The lowest BCUT2D eigenvalue weighted by Gasteiger charge is -2.12. The summed E-state index contributed by atoms with van der Waals surface area (Å²) in [5.74, 6) is -1.46. The number of rotatable bonds is 3. The summed E-state index contributed by atoms with van der Waals surface area (Å²) >= 11 is 11.2. The Balaban J connectivity index is 1.79. The maximum atomic E-state index is 12.6. The number of anilines is 1. The zero-order valence-corrected chi connectivity index (χ0v) is 14.9. The quantitative estimate of drug-likeness (QED) is 0.586. The molecule has 26 heavy (non-hydrogen) atoms. The molecule has 0 spiro atoms. The van der Waals surface area contributed by atoms with Gasteiger partial charge in [0.2, 0.25) is 0 Å². The van der Waals surface area contributed by atoms with Crippen molar-refractivity contribution in [1.29, 1.82) is 0 Å². The average Bonchev–Trinajstić information content (AvgIpc) is 2.62. The number of carbonyl (C=O) groups is 2. The van der Waals surface area contributed by atoms with Gasteiger partial charge >= 0.3 is 5.97 Å². The van der Waals surface area contributed by atoms with Gasteiger partial charge in [-0.2, -0.15) is 0 Å². The summed E-state index contributed by atoms with van der Waals surface area (Å²) in [5.41, 5.74) is 0.840. The van der Waals surface area contributed by atoms with E-state index in [-0.39, 0.29) is 21.6 Å². The van der Waals surface area contributed by atoms with Crippen LogP contribution in [-0.4, -0.2) is 22.1 Å². The van der Waals surface area contributed by atoms with E-state index >= 15 is 0 Å². The van der Waals surface area contributed by atoms with Crippen molar-refractivity contribution in [1.82, 2.24) is 5.32 Å². The molecule has 0 radical (unpaired) electrons. The lowest BCUT2D eigenvalue weighted by molar-refractivity contribution is 0.0696. The number of hydrogen-bond donors (Lipinski definition) is 3. The van der Waals surface area contributed by atoms with Crippen molar-refractivity contribution in [2.75, 3.05) is 5.32 Å². The van der Waals surface area contributed by atoms with E-state index in [2.05, 4.69) is 10.6 Å². The lowest BCUT2D eigenvalue weighted by Crippen LogP contribution is -2.34. The van der Waals surface area contributed by atoms with Crippen LogP contribution in [0.2, 0.25) is 5.02 Å². The highest BCUT2D eigenvalue weighted by atomic mass is 35.5. The summed E-state index contributed by atoms with van der Waals surface area (Å²) in [6, 6.07) is 17.1. The highest BCUT2D eigenvalue weighted by molar-refractivity contribution is 7.80. The van der Waals surface area contributed by atoms with Gasteiger partial charge in [0.1, 0.15) is 0 Å². The van der Waals surface area contributed by atoms with E-state index < -0.39 is 5.97 Å². The molecule has 0 unspecified atom stereocenters. The number of halogens is 1. The van der Waals surface area contributed by atoms with Crippen LogP contribution in [0.4, 0.5) is 5.69 Å². The second kappa shape index (κ2) is 7.51. The molecule has 3 N–H and O–H groups in total. The first-order valence-electron chi connectivity index (χ1n) is 7.58. The third-order valence-electron chi connectivity index (χ3n) is 3.72. The molecular weight excluding hydrogens is 372 g/mol. The van der Waals surface area contributed by atoms with Crippen molar-refractivity contribution in [3.8, 4) is 0 Å². The fraction of sp³-hybridized carbons (Fsp3) is 0. The van der Waals surface area contributed by atoms with Crippen molar-refractivity contribution in [2.24, 2.45) is 0 Å². The zero-order valence-electron chi connectivity index (χ0n) is 13.3. The van der Waals surface area contributed by atoms with Crippen LogP contribution in [0.1, 0.15) is 20.7 Å². The highest BCUT2D eigenvalue weighted by Gasteiger charge is 2.13. The molecule has 3 aromatic rings. The van der Waals surface area contributed by atoms with Crippen molar-refractivity contribution in [2.45, 2.75) is 0 Å². The van der Waals surface area contributed by atoms with Crippen LogP contribution in [0.25, 0.3) is 10.8 Å². The molecule has 0 saturated heterocycles. The topological polar surface area (TPSA) is 78.4 Å². The van der Waals surface area contributed by atoms with Gasteiger partial charge in [-0.05, 0) is 47.3 Å². The Bertz CT molecular complexity index is 1030. The molecule has 0 atom stereocenters. The molecule has 130 valence electrons. The maximum absolute atomic E-state index is 12.6. The standard InChI is InChI=1S/C19H13ClN2O3S/c20-15-9-8-12(18(24)25)10-16(15)21-19(26)22-17(23)14-7-3-5-11-4-1-2-6-13(11)14/h1-10H,(H,24,25)(H2,21,22,23,26). The molecule has 5 nitrogen and oxygen atoms in total. The van der Waals surface area contributed by atoms with E-state index in [1.54, 1.807) is 12.1 Å². The Morgan fingerprint density at radius 2 is 1.73 bits per heavy atom. The molecule has 0 aliphatic heterocycles. The molecule has 0 fully saturated rings. The van der Waals surface area contributed by atoms with Crippen molar-refractivity contribution < 1.29 is 14.7 Å². The molecule has 0 bridgehead atoms. The molecular formula is C19H13ClN2O3S. The van der Waals surface area contributed by atoms with E-state index in [1.165, 1.54) is 18.2 Å². The zero-order chi connectivity index (χ0) is 18.7. The number of nitrogens with one attached hydrogen (secondary N) is 2. The number of amides is 1. The van der Waals surface area contributed by atoms with E-state index in [4.69, 9.17) is 28.9 Å². The third-order valence-corrected chi connectivity index (χ3v) is 4.26. The van der Waals surface area contributed by atoms with Crippen LogP contribution in [-0.2, 0) is 0 Å². The summed E-state index contributed by atoms with van der Waals surface area (Å²) in [6.45, 7) is 0. The van der Waals surface area contributed by atoms with Crippen LogP contribution in [0.5, 0.6) is 0 Å². The lowest BCUT2D eigenvalue weighted by atomic mass is 10.0.